The van der Waals surface area contributed by atoms with Crippen LogP contribution in [0.25, 0.3) is 11.4 Å². The van der Waals surface area contributed by atoms with Crippen molar-refractivity contribution in [3.63, 3.8) is 0 Å². The van der Waals surface area contributed by atoms with Gasteiger partial charge in [0.2, 0.25) is 11.7 Å². The number of amides is 1. The van der Waals surface area contributed by atoms with E-state index in [1.54, 1.807) is 24.3 Å². The molecule has 1 aromatic heterocycles. The Balaban J connectivity index is 1.61. The fourth-order valence-corrected chi connectivity index (χ4v) is 2.56. The number of alkyl halides is 3. The van der Waals surface area contributed by atoms with E-state index in [-0.39, 0.29) is 18.9 Å². The maximum Gasteiger partial charge on any atom is 0.416 e. The van der Waals surface area contributed by atoms with E-state index in [1.807, 2.05) is 0 Å². The first kappa shape index (κ1) is 19.8. The lowest BCUT2D eigenvalue weighted by Gasteiger charge is -2.09. The van der Waals surface area contributed by atoms with Gasteiger partial charge in [0.15, 0.2) is 0 Å². The minimum Gasteiger partial charge on any atom is -0.352 e. The molecule has 3 aromatic rings. The van der Waals surface area contributed by atoms with E-state index < -0.39 is 29.0 Å². The van der Waals surface area contributed by atoms with Gasteiger partial charge in [-0.25, -0.2) is 4.39 Å². The lowest BCUT2D eigenvalue weighted by molar-refractivity contribution is -0.137. The van der Waals surface area contributed by atoms with E-state index in [0.717, 1.165) is 6.07 Å². The highest BCUT2D eigenvalue weighted by molar-refractivity contribution is 6.30. The number of carbonyl (C=O) groups is 1. The SMILES string of the molecule is O=C(NCCc1nc(-c2cccc(Cl)c2)no1)c1cc(F)cc(C(F)(F)F)c1. The number of nitrogens with one attached hydrogen (secondary N) is 1. The third-order valence-corrected chi connectivity index (χ3v) is 3.90. The molecule has 5 nitrogen and oxygen atoms in total. The highest BCUT2D eigenvalue weighted by Crippen LogP contribution is 2.30. The molecule has 10 heteroatoms. The first-order valence-electron chi connectivity index (χ1n) is 7.97. The van der Waals surface area contributed by atoms with Crippen molar-refractivity contribution < 1.29 is 26.9 Å². The van der Waals surface area contributed by atoms with Crippen LogP contribution in [0.3, 0.4) is 0 Å². The summed E-state index contributed by atoms with van der Waals surface area (Å²) in [6.07, 6.45) is -4.61. The van der Waals surface area contributed by atoms with Crippen LogP contribution >= 0.6 is 11.6 Å². The summed E-state index contributed by atoms with van der Waals surface area (Å²) in [6, 6.07) is 8.45. The molecule has 0 bridgehead atoms. The maximum atomic E-state index is 13.4. The van der Waals surface area contributed by atoms with Gasteiger partial charge in [-0.3, -0.25) is 4.79 Å². The van der Waals surface area contributed by atoms with Gasteiger partial charge in [0.25, 0.3) is 5.91 Å². The molecule has 0 aliphatic carbocycles. The van der Waals surface area contributed by atoms with Crippen molar-refractivity contribution in [3.05, 3.63) is 70.3 Å². The molecular formula is C18H12ClF4N3O2. The fraction of sp³-hybridized carbons (Fsp3) is 0.167. The smallest absolute Gasteiger partial charge is 0.352 e. The summed E-state index contributed by atoms with van der Waals surface area (Å²) in [7, 11) is 0. The summed E-state index contributed by atoms with van der Waals surface area (Å²) in [5, 5.41) is 6.70. The Labute approximate surface area is 161 Å². The molecule has 146 valence electrons. The highest BCUT2D eigenvalue weighted by Gasteiger charge is 2.32. The molecule has 28 heavy (non-hydrogen) atoms. The van der Waals surface area contributed by atoms with Crippen LogP contribution in [-0.2, 0) is 12.6 Å². The number of rotatable bonds is 5. The maximum absolute atomic E-state index is 13.4. The van der Waals surface area contributed by atoms with Crippen LogP contribution in [0, 0.1) is 5.82 Å². The Morgan fingerprint density at radius 3 is 2.68 bits per heavy atom. The van der Waals surface area contributed by atoms with E-state index in [4.69, 9.17) is 16.1 Å². The number of aromatic nitrogens is 2. The van der Waals surface area contributed by atoms with Gasteiger partial charge in [0.1, 0.15) is 5.82 Å². The van der Waals surface area contributed by atoms with Crippen molar-refractivity contribution in [1.82, 2.24) is 15.5 Å². The van der Waals surface area contributed by atoms with E-state index in [1.165, 1.54) is 0 Å². The largest absolute Gasteiger partial charge is 0.416 e. The molecule has 2 aromatic carbocycles. The molecule has 1 amide bonds. The molecule has 0 aliphatic heterocycles. The van der Waals surface area contributed by atoms with Crippen molar-refractivity contribution in [1.29, 1.82) is 0 Å². The summed E-state index contributed by atoms with van der Waals surface area (Å²) in [5.41, 5.74) is -1.02. The van der Waals surface area contributed by atoms with Crippen LogP contribution in [-0.4, -0.2) is 22.6 Å². The van der Waals surface area contributed by atoms with Crippen molar-refractivity contribution in [2.45, 2.75) is 12.6 Å². The Kier molecular flexibility index (Phi) is 5.64. The predicted octanol–water partition coefficient (Wildman–Crippen LogP) is 4.52. The zero-order chi connectivity index (χ0) is 20.3. The second-order valence-electron chi connectivity index (χ2n) is 5.75. The fourth-order valence-electron chi connectivity index (χ4n) is 2.37. The normalized spacial score (nSPS) is 11.5. The molecule has 0 aliphatic rings. The van der Waals surface area contributed by atoms with Crippen LogP contribution in [0.15, 0.2) is 47.0 Å². The summed E-state index contributed by atoms with van der Waals surface area (Å²) in [5.74, 6) is -1.48. The first-order chi connectivity index (χ1) is 13.2. The molecule has 0 radical (unpaired) electrons. The van der Waals surface area contributed by atoms with Crippen LogP contribution in [0.2, 0.25) is 5.02 Å². The molecule has 0 atom stereocenters. The van der Waals surface area contributed by atoms with Crippen molar-refractivity contribution >= 4 is 17.5 Å². The van der Waals surface area contributed by atoms with E-state index in [2.05, 4.69) is 15.5 Å². The molecule has 3 rings (SSSR count). The van der Waals surface area contributed by atoms with Gasteiger partial charge >= 0.3 is 6.18 Å². The Hall–Kier alpha value is -2.94. The number of halogens is 5. The van der Waals surface area contributed by atoms with Crippen LogP contribution < -0.4 is 5.32 Å². The minimum atomic E-state index is -4.75. The minimum absolute atomic E-state index is 0.00781. The van der Waals surface area contributed by atoms with Crippen LogP contribution in [0.4, 0.5) is 17.6 Å². The molecule has 0 spiro atoms. The summed E-state index contributed by atoms with van der Waals surface area (Å²) >= 11 is 5.90. The zero-order valence-electron chi connectivity index (χ0n) is 14.1. The number of carbonyl (C=O) groups excluding carboxylic acids is 1. The van der Waals surface area contributed by atoms with Crippen LogP contribution in [0.1, 0.15) is 21.8 Å². The lowest BCUT2D eigenvalue weighted by Crippen LogP contribution is -2.26. The molecule has 1 heterocycles. The topological polar surface area (TPSA) is 68.0 Å². The average Bonchev–Trinajstić information content (AvgIpc) is 3.09. The van der Waals surface area contributed by atoms with Gasteiger partial charge < -0.3 is 9.84 Å². The highest BCUT2D eigenvalue weighted by atomic mass is 35.5. The molecule has 0 unspecified atom stereocenters. The summed E-state index contributed by atoms with van der Waals surface area (Å²) in [6.45, 7) is 0.00781. The molecule has 0 fully saturated rings. The first-order valence-corrected chi connectivity index (χ1v) is 8.35. The van der Waals surface area contributed by atoms with Crippen molar-refractivity contribution in [3.8, 4) is 11.4 Å². The van der Waals surface area contributed by atoms with E-state index in [0.29, 0.717) is 28.5 Å². The zero-order valence-corrected chi connectivity index (χ0v) is 14.8. The molecule has 0 saturated carbocycles. The second-order valence-corrected chi connectivity index (χ2v) is 6.19. The van der Waals surface area contributed by atoms with Crippen molar-refractivity contribution in [2.24, 2.45) is 0 Å². The van der Waals surface area contributed by atoms with Gasteiger partial charge in [0.05, 0.1) is 5.56 Å². The Morgan fingerprint density at radius 1 is 1.18 bits per heavy atom. The van der Waals surface area contributed by atoms with E-state index >= 15 is 0 Å². The average molecular weight is 414 g/mol. The third kappa shape index (κ3) is 4.86. The van der Waals surface area contributed by atoms with Gasteiger partial charge in [0, 0.05) is 29.1 Å². The second kappa shape index (κ2) is 7.97. The lowest BCUT2D eigenvalue weighted by atomic mass is 10.1. The van der Waals surface area contributed by atoms with Crippen LogP contribution in [0.5, 0.6) is 0 Å². The van der Waals surface area contributed by atoms with E-state index in [9.17, 15) is 22.4 Å². The Morgan fingerprint density at radius 2 is 1.96 bits per heavy atom. The van der Waals surface area contributed by atoms with Gasteiger partial charge in [-0.15, -0.1) is 0 Å². The molecule has 1 N–H and O–H groups in total. The number of hydrogen-bond donors (Lipinski definition) is 1. The third-order valence-electron chi connectivity index (χ3n) is 3.66. The summed E-state index contributed by atoms with van der Waals surface area (Å²) < 4.78 is 56.6. The van der Waals surface area contributed by atoms with Gasteiger partial charge in [-0.05, 0) is 30.3 Å². The van der Waals surface area contributed by atoms with Crippen molar-refractivity contribution in [2.75, 3.05) is 6.54 Å². The van der Waals surface area contributed by atoms with Gasteiger partial charge in [-0.1, -0.05) is 28.9 Å². The monoisotopic (exact) mass is 413 g/mol. The predicted molar refractivity (Wildman–Crippen MR) is 92.2 cm³/mol. The molecular weight excluding hydrogens is 402 g/mol. The quantitative estimate of drug-likeness (QED) is 0.624. The summed E-state index contributed by atoms with van der Waals surface area (Å²) in [4.78, 5) is 16.2. The Bertz CT molecular complexity index is 1000. The number of hydrogen-bond acceptors (Lipinski definition) is 4. The molecule has 0 saturated heterocycles. The number of nitrogens with zero attached hydrogens (tertiary/aromatic N) is 2. The number of benzene rings is 2. The standard InChI is InChI=1S/C18H12ClF4N3O2/c19-13-3-1-2-10(7-13)16-25-15(28-26-16)4-5-24-17(27)11-6-12(18(21,22)23)9-14(20)8-11/h1-3,6-9H,4-5H2,(H,24,27). The van der Waals surface area contributed by atoms with Gasteiger partial charge in [-0.2, -0.15) is 18.2 Å².